The molecule has 0 spiro atoms. The first-order valence-corrected chi connectivity index (χ1v) is 7.41. The van der Waals surface area contributed by atoms with Crippen molar-refractivity contribution >= 4 is 11.8 Å². The lowest BCUT2D eigenvalue weighted by molar-refractivity contribution is 0.465. The number of aryl methyl sites for hydroxylation is 3. The van der Waals surface area contributed by atoms with Crippen LogP contribution in [0, 0.1) is 20.8 Å². The van der Waals surface area contributed by atoms with Gasteiger partial charge in [0.05, 0.1) is 5.25 Å². The lowest BCUT2D eigenvalue weighted by Gasteiger charge is -2.19. The predicted molar refractivity (Wildman–Crippen MR) is 81.6 cm³/mol. The van der Waals surface area contributed by atoms with Gasteiger partial charge in [0.1, 0.15) is 11.5 Å². The summed E-state index contributed by atoms with van der Waals surface area (Å²) in [6, 6.07) is 10.6. The Bertz CT molecular complexity index is 560. The van der Waals surface area contributed by atoms with Crippen LogP contribution in [0.3, 0.4) is 0 Å². The fourth-order valence-electron chi connectivity index (χ4n) is 2.10. The van der Waals surface area contributed by atoms with Crippen LogP contribution in [-0.2, 0) is 0 Å². The molecule has 1 aromatic carbocycles. The molecule has 1 heterocycles. The molecule has 102 valence electrons. The summed E-state index contributed by atoms with van der Waals surface area (Å²) in [4.78, 5) is 1.27. The molecule has 0 amide bonds. The second kappa shape index (κ2) is 5.85. The Balaban J connectivity index is 2.26. The fourth-order valence-corrected chi connectivity index (χ4v) is 3.22. The maximum Gasteiger partial charge on any atom is 0.119 e. The first-order chi connectivity index (χ1) is 8.97. The lowest BCUT2D eigenvalue weighted by atomic mass is 10.2. The number of rotatable bonds is 4. The summed E-state index contributed by atoms with van der Waals surface area (Å²) in [5.41, 5.74) is 8.70. The van der Waals surface area contributed by atoms with Crippen molar-refractivity contribution in [2.24, 2.45) is 5.73 Å². The Morgan fingerprint density at radius 1 is 1.11 bits per heavy atom. The van der Waals surface area contributed by atoms with E-state index in [0.29, 0.717) is 0 Å². The van der Waals surface area contributed by atoms with Gasteiger partial charge in [0.15, 0.2) is 0 Å². The van der Waals surface area contributed by atoms with Gasteiger partial charge in [-0.1, -0.05) is 17.7 Å². The van der Waals surface area contributed by atoms with Gasteiger partial charge in [-0.25, -0.2) is 0 Å². The summed E-state index contributed by atoms with van der Waals surface area (Å²) >= 11 is 1.78. The standard InChI is InChI=1S/C16H21NOS/c1-10-5-8-15(11(2)9-10)19-16(13(4)17)14-7-6-12(3)18-14/h5-9,13,16H,17H2,1-4H3. The van der Waals surface area contributed by atoms with Crippen LogP contribution in [0.4, 0.5) is 0 Å². The van der Waals surface area contributed by atoms with Crippen LogP contribution in [0.2, 0.25) is 0 Å². The quantitative estimate of drug-likeness (QED) is 0.841. The van der Waals surface area contributed by atoms with Crippen molar-refractivity contribution in [1.29, 1.82) is 0 Å². The molecule has 2 unspecified atom stereocenters. The summed E-state index contributed by atoms with van der Waals surface area (Å²) in [6.45, 7) is 8.24. The second-order valence-corrected chi connectivity index (χ2v) is 6.30. The zero-order chi connectivity index (χ0) is 14.0. The first-order valence-electron chi connectivity index (χ1n) is 6.53. The maximum atomic E-state index is 6.12. The molecule has 3 heteroatoms. The second-order valence-electron chi connectivity index (χ2n) is 5.11. The maximum absolute atomic E-state index is 6.12. The van der Waals surface area contributed by atoms with Gasteiger partial charge < -0.3 is 10.2 Å². The molecule has 0 radical (unpaired) electrons. The number of benzene rings is 1. The molecule has 0 fully saturated rings. The van der Waals surface area contributed by atoms with Crippen molar-refractivity contribution in [2.75, 3.05) is 0 Å². The number of nitrogens with two attached hydrogens (primary N) is 1. The first kappa shape index (κ1) is 14.2. The van der Waals surface area contributed by atoms with Gasteiger partial charge in [0, 0.05) is 10.9 Å². The van der Waals surface area contributed by atoms with E-state index in [1.54, 1.807) is 11.8 Å². The molecule has 0 aliphatic heterocycles. The highest BCUT2D eigenvalue weighted by Crippen LogP contribution is 2.39. The number of thioether (sulfide) groups is 1. The molecular formula is C16H21NOS. The van der Waals surface area contributed by atoms with Gasteiger partial charge in [0.25, 0.3) is 0 Å². The molecule has 0 saturated heterocycles. The molecule has 2 nitrogen and oxygen atoms in total. The zero-order valence-corrected chi connectivity index (χ0v) is 12.8. The molecule has 2 atom stereocenters. The Morgan fingerprint density at radius 3 is 2.37 bits per heavy atom. The van der Waals surface area contributed by atoms with Crippen LogP contribution in [0.25, 0.3) is 0 Å². The molecule has 0 saturated carbocycles. The van der Waals surface area contributed by atoms with E-state index in [0.717, 1.165) is 11.5 Å². The molecule has 0 aliphatic carbocycles. The minimum Gasteiger partial charge on any atom is -0.465 e. The van der Waals surface area contributed by atoms with Crippen molar-refractivity contribution < 1.29 is 4.42 Å². The van der Waals surface area contributed by atoms with Crippen LogP contribution >= 0.6 is 11.8 Å². The van der Waals surface area contributed by atoms with Crippen LogP contribution in [0.5, 0.6) is 0 Å². The van der Waals surface area contributed by atoms with Crippen molar-refractivity contribution in [2.45, 2.75) is 43.9 Å². The van der Waals surface area contributed by atoms with Crippen molar-refractivity contribution in [3.05, 3.63) is 53.0 Å². The average molecular weight is 275 g/mol. The zero-order valence-electron chi connectivity index (χ0n) is 11.9. The minimum absolute atomic E-state index is 0.0382. The highest BCUT2D eigenvalue weighted by molar-refractivity contribution is 7.99. The van der Waals surface area contributed by atoms with Gasteiger partial charge in [-0.05, 0) is 51.5 Å². The average Bonchev–Trinajstić information content (AvgIpc) is 2.74. The van der Waals surface area contributed by atoms with Gasteiger partial charge in [-0.15, -0.1) is 11.8 Å². The Kier molecular flexibility index (Phi) is 4.38. The van der Waals surface area contributed by atoms with E-state index in [-0.39, 0.29) is 11.3 Å². The van der Waals surface area contributed by atoms with Crippen molar-refractivity contribution in [3.63, 3.8) is 0 Å². The smallest absolute Gasteiger partial charge is 0.119 e. The number of furan rings is 1. The van der Waals surface area contributed by atoms with E-state index in [9.17, 15) is 0 Å². The van der Waals surface area contributed by atoms with Gasteiger partial charge in [-0.3, -0.25) is 0 Å². The summed E-state index contributed by atoms with van der Waals surface area (Å²) in [5, 5.41) is 0.148. The molecular weight excluding hydrogens is 254 g/mol. The topological polar surface area (TPSA) is 39.2 Å². The summed E-state index contributed by atoms with van der Waals surface area (Å²) in [7, 11) is 0. The van der Waals surface area contributed by atoms with E-state index in [4.69, 9.17) is 10.2 Å². The van der Waals surface area contributed by atoms with Crippen LogP contribution < -0.4 is 5.73 Å². The van der Waals surface area contributed by atoms with Gasteiger partial charge in [-0.2, -0.15) is 0 Å². The highest BCUT2D eigenvalue weighted by Gasteiger charge is 2.21. The van der Waals surface area contributed by atoms with E-state index in [1.165, 1.54) is 16.0 Å². The number of hydrogen-bond acceptors (Lipinski definition) is 3. The van der Waals surface area contributed by atoms with Gasteiger partial charge >= 0.3 is 0 Å². The Labute approximate surface area is 119 Å². The molecule has 2 aromatic rings. The fraction of sp³-hybridized carbons (Fsp3) is 0.375. The molecule has 0 bridgehead atoms. The van der Waals surface area contributed by atoms with Crippen molar-refractivity contribution in [1.82, 2.24) is 0 Å². The highest BCUT2D eigenvalue weighted by atomic mass is 32.2. The third kappa shape index (κ3) is 3.43. The van der Waals surface area contributed by atoms with Crippen LogP contribution in [-0.4, -0.2) is 6.04 Å². The van der Waals surface area contributed by atoms with E-state index in [1.807, 2.05) is 26.0 Å². The van der Waals surface area contributed by atoms with Crippen LogP contribution in [0.1, 0.15) is 34.8 Å². The molecule has 1 aromatic heterocycles. The molecule has 0 aliphatic rings. The van der Waals surface area contributed by atoms with E-state index in [2.05, 4.69) is 32.0 Å². The predicted octanol–water partition coefficient (Wildman–Crippen LogP) is 4.39. The summed E-state index contributed by atoms with van der Waals surface area (Å²) in [5.74, 6) is 1.89. The third-order valence-electron chi connectivity index (χ3n) is 3.10. The summed E-state index contributed by atoms with van der Waals surface area (Å²) in [6.07, 6.45) is 0. The Morgan fingerprint density at radius 2 is 1.84 bits per heavy atom. The molecule has 2 N–H and O–H groups in total. The minimum atomic E-state index is 0.0382. The van der Waals surface area contributed by atoms with Crippen molar-refractivity contribution in [3.8, 4) is 0 Å². The largest absolute Gasteiger partial charge is 0.465 e. The molecule has 2 rings (SSSR count). The number of hydrogen-bond donors (Lipinski definition) is 1. The normalized spacial score (nSPS) is 14.4. The lowest BCUT2D eigenvalue weighted by Crippen LogP contribution is -2.22. The SMILES string of the molecule is Cc1ccc(SC(c2ccc(C)o2)C(C)N)c(C)c1. The summed E-state index contributed by atoms with van der Waals surface area (Å²) < 4.78 is 5.74. The van der Waals surface area contributed by atoms with Gasteiger partial charge in [0.2, 0.25) is 0 Å². The van der Waals surface area contributed by atoms with Crippen LogP contribution in [0.15, 0.2) is 39.6 Å². The monoisotopic (exact) mass is 275 g/mol. The Hall–Kier alpha value is -1.19. The molecule has 19 heavy (non-hydrogen) atoms. The van der Waals surface area contributed by atoms with E-state index < -0.39 is 0 Å². The third-order valence-corrected chi connectivity index (χ3v) is 4.73. The van der Waals surface area contributed by atoms with E-state index >= 15 is 0 Å².